The van der Waals surface area contributed by atoms with E-state index in [0.717, 1.165) is 0 Å². The van der Waals surface area contributed by atoms with Crippen LogP contribution in [0.5, 0.6) is 0 Å². The van der Waals surface area contributed by atoms with Crippen molar-refractivity contribution >= 4 is 39.2 Å². The summed E-state index contributed by atoms with van der Waals surface area (Å²) in [6.07, 6.45) is 0.203. The summed E-state index contributed by atoms with van der Waals surface area (Å²) >= 11 is 2.93. The van der Waals surface area contributed by atoms with E-state index in [-0.39, 0.29) is 27.1 Å². The van der Waals surface area contributed by atoms with Crippen LogP contribution in [-0.4, -0.2) is 38.6 Å². The van der Waals surface area contributed by atoms with Gasteiger partial charge >= 0.3 is 0 Å². The van der Waals surface area contributed by atoms with Crippen molar-refractivity contribution < 1.29 is 27.6 Å². The molecule has 1 fully saturated rings. The number of halogens is 4. The first-order chi connectivity index (χ1) is 14.3. The molecule has 3 rings (SSSR count). The van der Waals surface area contributed by atoms with Crippen LogP contribution in [0.1, 0.15) is 51.9 Å². The third kappa shape index (κ3) is 4.23. The number of amides is 2. The molecule has 1 aliphatic rings. The van der Waals surface area contributed by atoms with E-state index in [1.54, 1.807) is 6.92 Å². The molecule has 7 nitrogen and oxygen atoms in total. The molecule has 1 saturated carbocycles. The lowest BCUT2D eigenvalue weighted by molar-refractivity contribution is -0.140. The van der Waals surface area contributed by atoms with Gasteiger partial charge in [-0.05, 0) is 48.3 Å². The lowest BCUT2D eigenvalue weighted by atomic mass is 9.75. The average Bonchev–Trinajstić information content (AvgIpc) is 2.85. The van der Waals surface area contributed by atoms with Gasteiger partial charge in [0.25, 0.3) is 23.5 Å². The van der Waals surface area contributed by atoms with Gasteiger partial charge in [-0.2, -0.15) is 0 Å². The Hall–Kier alpha value is -2.69. The standard InChI is InChI=1S/C20H20BrF3N4O3/c1-9-12(15(29)18(31)27-19(3)7-20(23,24)8-19)10(2)28(4)14(9)17(30)26-11-5-6-25-16(21)13(11)22/h5-6H,7-8H2,1-4H3,(H,27,31)(H,25,26,30). The normalized spacial score (nSPS) is 16.4. The van der Waals surface area contributed by atoms with Crippen LogP contribution in [0.2, 0.25) is 0 Å². The minimum Gasteiger partial charge on any atom is -0.344 e. The molecule has 0 bridgehead atoms. The van der Waals surface area contributed by atoms with Gasteiger partial charge in [0.1, 0.15) is 10.3 Å². The maximum absolute atomic E-state index is 14.2. The van der Waals surface area contributed by atoms with Gasteiger partial charge in [-0.1, -0.05) is 0 Å². The van der Waals surface area contributed by atoms with Crippen LogP contribution in [0.15, 0.2) is 16.9 Å². The zero-order chi connectivity index (χ0) is 23.3. The molecule has 1 aliphatic carbocycles. The highest BCUT2D eigenvalue weighted by atomic mass is 79.9. The second-order valence-electron chi connectivity index (χ2n) is 7.96. The van der Waals surface area contributed by atoms with Crippen molar-refractivity contribution in [2.24, 2.45) is 7.05 Å². The van der Waals surface area contributed by atoms with Gasteiger partial charge in [-0.15, -0.1) is 0 Å². The first kappa shape index (κ1) is 23.0. The number of nitrogens with zero attached hydrogens (tertiary/aromatic N) is 2. The largest absolute Gasteiger partial charge is 0.344 e. The minimum atomic E-state index is -2.87. The monoisotopic (exact) mass is 500 g/mol. The van der Waals surface area contributed by atoms with Crippen LogP contribution < -0.4 is 10.6 Å². The van der Waals surface area contributed by atoms with Gasteiger partial charge in [0.05, 0.1) is 11.3 Å². The topological polar surface area (TPSA) is 93.1 Å². The van der Waals surface area contributed by atoms with E-state index in [1.807, 2.05) is 0 Å². The number of aromatic nitrogens is 2. The molecule has 11 heteroatoms. The van der Waals surface area contributed by atoms with Gasteiger partial charge in [0, 0.05) is 37.3 Å². The third-order valence-electron chi connectivity index (χ3n) is 5.39. The van der Waals surface area contributed by atoms with Crippen molar-refractivity contribution in [1.29, 1.82) is 0 Å². The first-order valence-electron chi connectivity index (χ1n) is 9.28. The number of carbonyl (C=O) groups excluding carboxylic acids is 3. The van der Waals surface area contributed by atoms with Crippen molar-refractivity contribution in [3.05, 3.63) is 45.2 Å². The van der Waals surface area contributed by atoms with Gasteiger partial charge < -0.3 is 15.2 Å². The van der Waals surface area contributed by atoms with E-state index in [2.05, 4.69) is 31.5 Å². The smallest absolute Gasteiger partial charge is 0.292 e. The van der Waals surface area contributed by atoms with Crippen LogP contribution in [0.25, 0.3) is 0 Å². The second-order valence-corrected chi connectivity index (χ2v) is 8.72. The fraction of sp³-hybridized carbons (Fsp3) is 0.400. The highest BCUT2D eigenvalue weighted by Gasteiger charge is 2.54. The van der Waals surface area contributed by atoms with Crippen LogP contribution in [0, 0.1) is 19.7 Å². The molecule has 2 aromatic heterocycles. The first-order valence-corrected chi connectivity index (χ1v) is 10.1. The molecule has 2 heterocycles. The summed E-state index contributed by atoms with van der Waals surface area (Å²) < 4.78 is 41.9. The molecule has 0 spiro atoms. The molecule has 166 valence electrons. The van der Waals surface area contributed by atoms with Crippen molar-refractivity contribution in [2.45, 2.75) is 45.1 Å². The Bertz CT molecular complexity index is 1110. The summed E-state index contributed by atoms with van der Waals surface area (Å²) in [5, 5.41) is 4.80. The Morgan fingerprint density at radius 1 is 1.23 bits per heavy atom. The average molecular weight is 501 g/mol. The molecule has 0 saturated heterocycles. The summed E-state index contributed by atoms with van der Waals surface area (Å²) in [6, 6.07) is 1.28. The molecule has 0 radical (unpaired) electrons. The highest BCUT2D eigenvalue weighted by molar-refractivity contribution is 9.10. The number of pyridine rings is 1. The summed E-state index contributed by atoms with van der Waals surface area (Å²) in [5.41, 5.74) is -0.675. The number of hydrogen-bond donors (Lipinski definition) is 2. The highest BCUT2D eigenvalue weighted by Crippen LogP contribution is 2.45. The lowest BCUT2D eigenvalue weighted by Gasteiger charge is -2.45. The van der Waals surface area contributed by atoms with Crippen molar-refractivity contribution in [3.63, 3.8) is 0 Å². The van der Waals surface area contributed by atoms with Gasteiger partial charge in [-0.3, -0.25) is 14.4 Å². The van der Waals surface area contributed by atoms with E-state index in [1.165, 1.54) is 37.7 Å². The number of nitrogens with one attached hydrogen (secondary N) is 2. The Kier molecular flexibility index (Phi) is 5.76. The van der Waals surface area contributed by atoms with Crippen LogP contribution >= 0.6 is 15.9 Å². The molecular weight excluding hydrogens is 481 g/mol. The predicted octanol–water partition coefficient (Wildman–Crippen LogP) is 3.68. The van der Waals surface area contributed by atoms with Crippen molar-refractivity contribution in [2.75, 3.05) is 5.32 Å². The van der Waals surface area contributed by atoms with E-state index in [9.17, 15) is 27.6 Å². The SMILES string of the molecule is Cc1c(C(=O)C(=O)NC2(C)CC(F)(F)C2)c(C)n(C)c1C(=O)Nc1ccnc(Br)c1F. The quantitative estimate of drug-likeness (QED) is 0.372. The predicted molar refractivity (Wildman–Crippen MR) is 110 cm³/mol. The fourth-order valence-corrected chi connectivity index (χ4v) is 4.28. The summed E-state index contributed by atoms with van der Waals surface area (Å²) in [6.45, 7) is 4.48. The Labute approximate surface area is 184 Å². The number of hydrogen-bond acceptors (Lipinski definition) is 4. The number of ketones is 1. The molecule has 0 atom stereocenters. The molecule has 2 aromatic rings. The minimum absolute atomic E-state index is 0.00351. The summed E-state index contributed by atoms with van der Waals surface area (Å²) in [7, 11) is 1.53. The van der Waals surface area contributed by atoms with E-state index < -0.39 is 47.7 Å². The van der Waals surface area contributed by atoms with Crippen LogP contribution in [0.4, 0.5) is 18.9 Å². The Morgan fingerprint density at radius 3 is 2.42 bits per heavy atom. The molecule has 31 heavy (non-hydrogen) atoms. The van der Waals surface area contributed by atoms with Crippen LogP contribution in [0.3, 0.4) is 0 Å². The third-order valence-corrected chi connectivity index (χ3v) is 5.94. The maximum atomic E-state index is 14.2. The number of rotatable bonds is 5. The molecule has 0 aromatic carbocycles. The van der Waals surface area contributed by atoms with Gasteiger partial charge in [-0.25, -0.2) is 18.2 Å². The van der Waals surface area contributed by atoms with Crippen molar-refractivity contribution in [1.82, 2.24) is 14.9 Å². The molecule has 2 amide bonds. The lowest BCUT2D eigenvalue weighted by Crippen LogP contribution is -2.61. The van der Waals surface area contributed by atoms with Gasteiger partial charge in [0.2, 0.25) is 0 Å². The zero-order valence-electron chi connectivity index (χ0n) is 17.2. The summed E-state index contributed by atoms with van der Waals surface area (Å²) in [4.78, 5) is 41.8. The summed E-state index contributed by atoms with van der Waals surface area (Å²) in [5.74, 6) is -6.28. The second kappa shape index (κ2) is 7.77. The van der Waals surface area contributed by atoms with Crippen molar-refractivity contribution in [3.8, 4) is 0 Å². The molecule has 0 unspecified atom stereocenters. The number of carbonyl (C=O) groups is 3. The Balaban J connectivity index is 1.86. The van der Waals surface area contributed by atoms with E-state index in [0.29, 0.717) is 5.69 Å². The molecule has 2 N–H and O–H groups in total. The van der Waals surface area contributed by atoms with Gasteiger partial charge in [0.15, 0.2) is 5.82 Å². The van der Waals surface area contributed by atoms with E-state index >= 15 is 0 Å². The Morgan fingerprint density at radius 2 is 1.84 bits per heavy atom. The van der Waals surface area contributed by atoms with Crippen LogP contribution in [-0.2, 0) is 11.8 Å². The zero-order valence-corrected chi connectivity index (χ0v) is 18.8. The maximum Gasteiger partial charge on any atom is 0.292 e. The fourth-order valence-electron chi connectivity index (χ4n) is 3.95. The number of Topliss-reactive ketones (excluding diaryl/α,β-unsaturated/α-hetero) is 1. The molecular formula is C20H20BrF3N4O3. The van der Waals surface area contributed by atoms with E-state index in [4.69, 9.17) is 0 Å². The number of anilines is 1. The molecule has 0 aliphatic heterocycles. The number of alkyl halides is 2.